The fourth-order valence-electron chi connectivity index (χ4n) is 3.31. The van der Waals surface area contributed by atoms with Crippen molar-refractivity contribution in [2.45, 2.75) is 18.9 Å². The maximum Gasteiger partial charge on any atom is 0.161 e. The largest absolute Gasteiger partial charge is 0.497 e. The maximum absolute atomic E-state index is 6.12. The first-order chi connectivity index (χ1) is 12.3. The number of pyridine rings is 2. The number of ether oxygens (including phenoxy) is 2. The van der Waals surface area contributed by atoms with Gasteiger partial charge < -0.3 is 14.4 Å². The van der Waals surface area contributed by atoms with Crippen LogP contribution in [-0.2, 0) is 0 Å². The Morgan fingerprint density at radius 3 is 2.40 bits per heavy atom. The minimum absolute atomic E-state index is 0.246. The normalized spacial score (nSPS) is 15.3. The summed E-state index contributed by atoms with van der Waals surface area (Å²) < 4.78 is 11.3. The molecule has 3 aromatic rings. The van der Waals surface area contributed by atoms with Gasteiger partial charge in [0, 0.05) is 49.4 Å². The first-order valence-corrected chi connectivity index (χ1v) is 8.59. The summed E-state index contributed by atoms with van der Waals surface area (Å²) in [6.07, 6.45) is 5.86. The van der Waals surface area contributed by atoms with Gasteiger partial charge >= 0.3 is 0 Å². The molecular formula is C20H21N3O2. The van der Waals surface area contributed by atoms with Crippen LogP contribution in [0.3, 0.4) is 0 Å². The monoisotopic (exact) mass is 335 g/mol. The van der Waals surface area contributed by atoms with Crippen LogP contribution in [0, 0.1) is 0 Å². The summed E-state index contributed by atoms with van der Waals surface area (Å²) >= 11 is 0. The Bertz CT molecular complexity index is 838. The van der Waals surface area contributed by atoms with E-state index in [9.17, 15) is 0 Å². The molecule has 1 aromatic carbocycles. The molecule has 25 heavy (non-hydrogen) atoms. The molecule has 0 bridgehead atoms. The molecule has 1 saturated heterocycles. The van der Waals surface area contributed by atoms with E-state index >= 15 is 0 Å². The highest BCUT2D eigenvalue weighted by Crippen LogP contribution is 2.28. The molecule has 0 amide bonds. The summed E-state index contributed by atoms with van der Waals surface area (Å²) in [5.41, 5.74) is 2.01. The number of fused-ring (bicyclic) bond motifs is 1. The summed E-state index contributed by atoms with van der Waals surface area (Å²) in [5.74, 6) is 1.75. The van der Waals surface area contributed by atoms with Crippen molar-refractivity contribution in [2.24, 2.45) is 0 Å². The van der Waals surface area contributed by atoms with Gasteiger partial charge in [0.2, 0.25) is 0 Å². The van der Waals surface area contributed by atoms with E-state index in [0.29, 0.717) is 0 Å². The maximum atomic E-state index is 6.12. The number of methoxy groups -OCH3 is 1. The van der Waals surface area contributed by atoms with Crippen LogP contribution in [-0.4, -0.2) is 36.3 Å². The van der Waals surface area contributed by atoms with Crippen LogP contribution >= 0.6 is 0 Å². The highest BCUT2D eigenvalue weighted by Gasteiger charge is 2.22. The van der Waals surface area contributed by atoms with E-state index in [-0.39, 0.29) is 6.10 Å². The van der Waals surface area contributed by atoms with E-state index in [1.165, 1.54) is 5.69 Å². The van der Waals surface area contributed by atoms with Crippen LogP contribution in [0.1, 0.15) is 12.8 Å². The Labute approximate surface area is 147 Å². The van der Waals surface area contributed by atoms with Crippen LogP contribution in [0.5, 0.6) is 11.5 Å². The number of nitrogens with zero attached hydrogens (tertiary/aromatic N) is 3. The lowest BCUT2D eigenvalue weighted by Gasteiger charge is -2.34. The van der Waals surface area contributed by atoms with Crippen molar-refractivity contribution in [1.29, 1.82) is 0 Å². The average molecular weight is 335 g/mol. The molecule has 4 rings (SSSR count). The number of piperidine rings is 1. The Morgan fingerprint density at radius 1 is 0.920 bits per heavy atom. The minimum Gasteiger partial charge on any atom is -0.497 e. The zero-order valence-electron chi connectivity index (χ0n) is 14.3. The Morgan fingerprint density at radius 2 is 1.64 bits per heavy atom. The highest BCUT2D eigenvalue weighted by atomic mass is 16.5. The first-order valence-electron chi connectivity index (χ1n) is 8.59. The van der Waals surface area contributed by atoms with Crippen molar-refractivity contribution in [3.8, 4) is 11.5 Å². The summed E-state index contributed by atoms with van der Waals surface area (Å²) in [4.78, 5) is 11.1. The van der Waals surface area contributed by atoms with E-state index in [1.54, 1.807) is 13.3 Å². The lowest BCUT2D eigenvalue weighted by atomic mass is 10.1. The van der Waals surface area contributed by atoms with Gasteiger partial charge in [-0.25, -0.2) is 9.97 Å². The zero-order valence-corrected chi connectivity index (χ0v) is 14.3. The molecule has 0 aliphatic carbocycles. The molecular weight excluding hydrogens is 314 g/mol. The molecule has 2 aromatic heterocycles. The van der Waals surface area contributed by atoms with E-state index in [1.807, 2.05) is 36.5 Å². The van der Waals surface area contributed by atoms with E-state index in [2.05, 4.69) is 27.0 Å². The molecule has 128 valence electrons. The summed E-state index contributed by atoms with van der Waals surface area (Å²) in [7, 11) is 1.67. The van der Waals surface area contributed by atoms with Gasteiger partial charge in [0.05, 0.1) is 7.11 Å². The number of aromatic nitrogens is 2. The predicted molar refractivity (Wildman–Crippen MR) is 98.4 cm³/mol. The van der Waals surface area contributed by atoms with Gasteiger partial charge in [0.25, 0.3) is 0 Å². The molecule has 1 fully saturated rings. The molecule has 1 aliphatic rings. The topological polar surface area (TPSA) is 47.5 Å². The van der Waals surface area contributed by atoms with Gasteiger partial charge in [-0.2, -0.15) is 0 Å². The van der Waals surface area contributed by atoms with E-state index in [4.69, 9.17) is 9.47 Å². The number of rotatable bonds is 4. The lowest BCUT2D eigenvalue weighted by Crippen LogP contribution is -2.38. The van der Waals surface area contributed by atoms with E-state index in [0.717, 1.165) is 48.5 Å². The minimum atomic E-state index is 0.246. The third kappa shape index (κ3) is 3.36. The van der Waals surface area contributed by atoms with Crippen molar-refractivity contribution >= 4 is 16.7 Å². The van der Waals surface area contributed by atoms with Gasteiger partial charge in [0.1, 0.15) is 17.6 Å². The van der Waals surface area contributed by atoms with Gasteiger partial charge in [-0.3, -0.25) is 0 Å². The van der Waals surface area contributed by atoms with Gasteiger partial charge in [-0.05, 0) is 42.5 Å². The molecule has 0 radical (unpaired) electrons. The molecule has 0 saturated carbocycles. The molecule has 5 nitrogen and oxygen atoms in total. The molecule has 3 heterocycles. The summed E-state index contributed by atoms with van der Waals surface area (Å²) in [5, 5.41) is 1.11. The second kappa shape index (κ2) is 6.97. The van der Waals surface area contributed by atoms with Gasteiger partial charge in [0.15, 0.2) is 5.65 Å². The predicted octanol–water partition coefficient (Wildman–Crippen LogP) is 3.69. The third-order valence-electron chi connectivity index (χ3n) is 4.64. The highest BCUT2D eigenvalue weighted by molar-refractivity contribution is 5.89. The van der Waals surface area contributed by atoms with Crippen LogP contribution in [0.15, 0.2) is 54.9 Å². The zero-order chi connectivity index (χ0) is 17.1. The molecule has 0 N–H and O–H groups in total. The second-order valence-corrected chi connectivity index (χ2v) is 6.18. The number of benzene rings is 1. The SMILES string of the molecule is COc1ccc(OC2CCN(c3ccnc4ncccc34)CC2)cc1. The molecule has 5 heteroatoms. The van der Waals surface area contributed by atoms with E-state index < -0.39 is 0 Å². The summed E-state index contributed by atoms with van der Waals surface area (Å²) in [6, 6.07) is 13.9. The quantitative estimate of drug-likeness (QED) is 0.728. The average Bonchev–Trinajstić information content (AvgIpc) is 2.69. The first kappa shape index (κ1) is 15.7. The number of hydrogen-bond acceptors (Lipinski definition) is 5. The Balaban J connectivity index is 1.42. The van der Waals surface area contributed by atoms with Crippen molar-refractivity contribution < 1.29 is 9.47 Å². The molecule has 1 aliphatic heterocycles. The van der Waals surface area contributed by atoms with Gasteiger partial charge in [-0.15, -0.1) is 0 Å². The summed E-state index contributed by atoms with van der Waals surface area (Å²) in [6.45, 7) is 1.93. The fraction of sp³-hybridized carbons (Fsp3) is 0.300. The van der Waals surface area contributed by atoms with Crippen LogP contribution < -0.4 is 14.4 Å². The Hall–Kier alpha value is -2.82. The number of hydrogen-bond donors (Lipinski definition) is 0. The van der Waals surface area contributed by atoms with Crippen molar-refractivity contribution in [3.63, 3.8) is 0 Å². The Kier molecular flexibility index (Phi) is 4.37. The molecule has 0 unspecified atom stereocenters. The van der Waals surface area contributed by atoms with Crippen molar-refractivity contribution in [1.82, 2.24) is 9.97 Å². The fourth-order valence-corrected chi connectivity index (χ4v) is 3.31. The van der Waals surface area contributed by atoms with Gasteiger partial charge in [-0.1, -0.05) is 0 Å². The van der Waals surface area contributed by atoms with Crippen LogP contribution in [0.4, 0.5) is 5.69 Å². The van der Waals surface area contributed by atoms with Crippen molar-refractivity contribution in [2.75, 3.05) is 25.1 Å². The smallest absolute Gasteiger partial charge is 0.161 e. The number of anilines is 1. The van der Waals surface area contributed by atoms with Crippen LogP contribution in [0.2, 0.25) is 0 Å². The molecule has 0 spiro atoms. The molecule has 0 atom stereocenters. The second-order valence-electron chi connectivity index (χ2n) is 6.18. The standard InChI is InChI=1S/C20H21N3O2/c1-24-15-4-6-16(7-5-15)25-17-9-13-23(14-10-17)19-8-12-22-20-18(19)3-2-11-21-20/h2-8,11-12,17H,9-10,13-14H2,1H3. The van der Waals surface area contributed by atoms with Crippen molar-refractivity contribution in [3.05, 3.63) is 54.9 Å². The third-order valence-corrected chi connectivity index (χ3v) is 4.64. The van der Waals surface area contributed by atoms with Crippen LogP contribution in [0.25, 0.3) is 11.0 Å². The lowest BCUT2D eigenvalue weighted by molar-refractivity contribution is 0.171.